The van der Waals surface area contributed by atoms with Gasteiger partial charge in [-0.1, -0.05) is 49.4 Å². The number of aliphatic imine (C=N–C) groups is 1. The Bertz CT molecular complexity index is 1090. The first kappa shape index (κ1) is 21.2. The number of fused-ring (bicyclic) bond motifs is 2. The van der Waals surface area contributed by atoms with Crippen LogP contribution in [-0.2, 0) is 17.8 Å². The highest BCUT2D eigenvalue weighted by Gasteiger charge is 2.41. The van der Waals surface area contributed by atoms with Crippen LogP contribution in [0.1, 0.15) is 79.4 Å². The smallest absolute Gasteiger partial charge is 0.232 e. The number of rotatable bonds is 4. The lowest BCUT2D eigenvalue weighted by Crippen LogP contribution is -2.50. The number of carbonyl (C=O) groups excluding carboxylic acids is 1. The molecule has 3 aliphatic rings. The van der Waals surface area contributed by atoms with Crippen molar-refractivity contribution in [1.82, 2.24) is 10.2 Å². The Morgan fingerprint density at radius 2 is 1.97 bits per heavy atom. The van der Waals surface area contributed by atoms with E-state index in [9.17, 15) is 9.90 Å². The van der Waals surface area contributed by atoms with Crippen LogP contribution in [0.25, 0.3) is 0 Å². The third kappa shape index (κ3) is 3.61. The van der Waals surface area contributed by atoms with E-state index in [-0.39, 0.29) is 18.0 Å². The molecule has 2 aromatic rings. The Labute approximate surface area is 189 Å². The Balaban J connectivity index is 1.39. The number of hydrogen-bond donors (Lipinski definition) is 3. The topological polar surface area (TPSA) is 91.0 Å². The van der Waals surface area contributed by atoms with Gasteiger partial charge in [0.1, 0.15) is 0 Å². The molecular weight excluding hydrogens is 400 g/mol. The van der Waals surface area contributed by atoms with Crippen molar-refractivity contribution in [1.29, 1.82) is 0 Å². The number of nitrogens with two attached hydrogens (primary N) is 1. The zero-order valence-corrected chi connectivity index (χ0v) is 19.0. The van der Waals surface area contributed by atoms with Gasteiger partial charge in [0.15, 0.2) is 5.96 Å². The fourth-order valence-corrected chi connectivity index (χ4v) is 5.67. The Hall–Kier alpha value is -2.70. The minimum atomic E-state index is -0.450. The maximum atomic E-state index is 13.0. The van der Waals surface area contributed by atoms with Crippen molar-refractivity contribution in [3.63, 3.8) is 0 Å². The van der Waals surface area contributed by atoms with Gasteiger partial charge in [0.05, 0.1) is 30.1 Å². The predicted octanol–water partition coefficient (Wildman–Crippen LogP) is 3.31. The van der Waals surface area contributed by atoms with Crippen molar-refractivity contribution in [2.24, 2.45) is 10.7 Å². The molecular formula is C26H32N4O2. The van der Waals surface area contributed by atoms with E-state index in [0.717, 1.165) is 17.5 Å². The Kier molecular flexibility index (Phi) is 5.10. The fraction of sp³-hybridized carbons (Fsp3) is 0.462. The molecule has 0 radical (unpaired) electrons. The van der Waals surface area contributed by atoms with Crippen LogP contribution in [0.3, 0.4) is 0 Å². The molecule has 6 heteroatoms. The van der Waals surface area contributed by atoms with Crippen molar-refractivity contribution >= 4 is 11.9 Å². The Morgan fingerprint density at radius 1 is 1.19 bits per heavy atom. The van der Waals surface area contributed by atoms with Crippen LogP contribution < -0.4 is 11.1 Å². The zero-order valence-electron chi connectivity index (χ0n) is 19.0. The molecule has 32 heavy (non-hydrogen) atoms. The number of nitrogens with zero attached hydrogens (tertiary/aromatic N) is 2. The summed E-state index contributed by atoms with van der Waals surface area (Å²) in [5.41, 5.74) is 11.8. The average Bonchev–Trinajstić information content (AvgIpc) is 3.21. The number of carbonyl (C=O) groups is 1. The van der Waals surface area contributed by atoms with Gasteiger partial charge in [-0.05, 0) is 54.0 Å². The molecule has 1 amide bonds. The molecule has 0 saturated carbocycles. The average molecular weight is 433 g/mol. The van der Waals surface area contributed by atoms with Gasteiger partial charge >= 0.3 is 0 Å². The number of nitrogens with one attached hydrogen (secondary N) is 1. The number of hydrogen-bond acceptors (Lipinski definition) is 5. The first-order chi connectivity index (χ1) is 15.2. The van der Waals surface area contributed by atoms with E-state index < -0.39 is 11.6 Å². The summed E-state index contributed by atoms with van der Waals surface area (Å²) in [7, 11) is 0. The van der Waals surface area contributed by atoms with Crippen molar-refractivity contribution in [3.05, 3.63) is 70.3 Å². The third-order valence-corrected chi connectivity index (χ3v) is 7.18. The van der Waals surface area contributed by atoms with E-state index in [1.54, 1.807) is 4.90 Å². The van der Waals surface area contributed by atoms with Crippen LogP contribution in [0.15, 0.2) is 47.5 Å². The Morgan fingerprint density at radius 3 is 2.75 bits per heavy atom. The van der Waals surface area contributed by atoms with Crippen LogP contribution in [0, 0.1) is 0 Å². The van der Waals surface area contributed by atoms with Crippen LogP contribution >= 0.6 is 0 Å². The summed E-state index contributed by atoms with van der Waals surface area (Å²) >= 11 is 0. The van der Waals surface area contributed by atoms with Gasteiger partial charge in [-0.25, -0.2) is 4.99 Å². The lowest BCUT2D eigenvalue weighted by atomic mass is 9.96. The van der Waals surface area contributed by atoms with Crippen LogP contribution in [0.4, 0.5) is 0 Å². The molecule has 1 aliphatic heterocycles. The molecule has 6 nitrogen and oxygen atoms in total. The second kappa shape index (κ2) is 7.71. The molecule has 2 aromatic carbocycles. The molecule has 2 aliphatic carbocycles. The van der Waals surface area contributed by atoms with Gasteiger partial charge < -0.3 is 16.2 Å². The van der Waals surface area contributed by atoms with E-state index in [4.69, 9.17) is 5.73 Å². The molecule has 0 aromatic heterocycles. The largest absolute Gasteiger partial charge is 0.391 e. The molecule has 0 unspecified atom stereocenters. The first-order valence-corrected chi connectivity index (χ1v) is 11.5. The maximum Gasteiger partial charge on any atom is 0.232 e. The lowest BCUT2D eigenvalue weighted by Gasteiger charge is -2.36. The zero-order chi connectivity index (χ0) is 22.6. The number of guanidine groups is 1. The minimum Gasteiger partial charge on any atom is -0.391 e. The van der Waals surface area contributed by atoms with Crippen molar-refractivity contribution in [2.75, 3.05) is 0 Å². The van der Waals surface area contributed by atoms with Gasteiger partial charge in [-0.15, -0.1) is 0 Å². The van der Waals surface area contributed by atoms with Crippen LogP contribution in [0.2, 0.25) is 0 Å². The predicted molar refractivity (Wildman–Crippen MR) is 125 cm³/mol. The SMILES string of the molecule is C[C@@H]1C[C@@H](N2C(=O)CC(C)(C)N=C2N)c2cc(CN[C@@H]3c4ccccc4C[C@H]3O)ccc21. The summed E-state index contributed by atoms with van der Waals surface area (Å²) in [6.07, 6.45) is 1.49. The molecule has 168 valence electrons. The van der Waals surface area contributed by atoms with E-state index in [1.165, 1.54) is 16.7 Å². The highest BCUT2D eigenvalue weighted by molar-refractivity contribution is 5.99. The second-order valence-electron chi connectivity index (χ2n) is 10.2. The summed E-state index contributed by atoms with van der Waals surface area (Å²) < 4.78 is 0. The van der Waals surface area contributed by atoms with Crippen LogP contribution in [0.5, 0.6) is 0 Å². The molecule has 5 rings (SSSR count). The molecule has 1 heterocycles. The third-order valence-electron chi connectivity index (χ3n) is 7.18. The summed E-state index contributed by atoms with van der Waals surface area (Å²) in [6, 6.07) is 14.6. The number of benzene rings is 2. The first-order valence-electron chi connectivity index (χ1n) is 11.5. The molecule has 0 spiro atoms. The monoisotopic (exact) mass is 432 g/mol. The summed E-state index contributed by atoms with van der Waals surface area (Å²) in [5, 5.41) is 14.1. The van der Waals surface area contributed by atoms with Crippen molar-refractivity contribution in [2.45, 2.75) is 76.2 Å². The minimum absolute atomic E-state index is 0.0433. The normalized spacial score (nSPS) is 28.4. The highest BCUT2D eigenvalue weighted by Crippen LogP contribution is 2.45. The molecule has 0 saturated heterocycles. The van der Waals surface area contributed by atoms with E-state index in [0.29, 0.717) is 31.3 Å². The standard InChI is InChI=1S/C26H32N4O2/c1-15-10-21(30-23(32)13-26(2,3)29-25(30)27)20-11-16(8-9-18(15)20)14-28-24-19-7-5-4-6-17(19)12-22(24)31/h4-9,11,15,21-22,24,28,31H,10,12-14H2,1-3H3,(H2,27,29)/t15-,21-,22-,24-/m1/s1. The van der Waals surface area contributed by atoms with E-state index >= 15 is 0 Å². The number of aliphatic hydroxyl groups is 1. The lowest BCUT2D eigenvalue weighted by molar-refractivity contribution is -0.131. The van der Waals surface area contributed by atoms with E-state index in [1.807, 2.05) is 26.0 Å². The molecule has 4 N–H and O–H groups in total. The quantitative estimate of drug-likeness (QED) is 0.691. The van der Waals surface area contributed by atoms with Crippen molar-refractivity contribution < 1.29 is 9.90 Å². The van der Waals surface area contributed by atoms with Gasteiger partial charge in [0, 0.05) is 13.0 Å². The summed E-state index contributed by atoms with van der Waals surface area (Å²) in [5.74, 6) is 0.725. The summed E-state index contributed by atoms with van der Waals surface area (Å²) in [4.78, 5) is 19.3. The van der Waals surface area contributed by atoms with Gasteiger partial charge in [0.2, 0.25) is 5.91 Å². The maximum absolute atomic E-state index is 13.0. The molecule has 0 bridgehead atoms. The van der Waals surface area contributed by atoms with Gasteiger partial charge in [-0.3, -0.25) is 9.69 Å². The molecule has 4 atom stereocenters. The fourth-order valence-electron chi connectivity index (χ4n) is 5.67. The van der Waals surface area contributed by atoms with Crippen LogP contribution in [-0.4, -0.2) is 33.5 Å². The molecule has 0 fully saturated rings. The summed E-state index contributed by atoms with van der Waals surface area (Å²) in [6.45, 7) is 6.74. The second-order valence-corrected chi connectivity index (χ2v) is 10.2. The highest BCUT2D eigenvalue weighted by atomic mass is 16.3. The number of amides is 1. The number of aliphatic hydroxyl groups excluding tert-OH is 1. The van der Waals surface area contributed by atoms with Crippen molar-refractivity contribution in [3.8, 4) is 0 Å². The van der Waals surface area contributed by atoms with Gasteiger partial charge in [-0.2, -0.15) is 0 Å². The van der Waals surface area contributed by atoms with E-state index in [2.05, 4.69) is 47.6 Å². The van der Waals surface area contributed by atoms with Gasteiger partial charge in [0.25, 0.3) is 0 Å².